The number of hydrogen-bond acceptors (Lipinski definition) is 5. The topological polar surface area (TPSA) is 50.1 Å². The van der Waals surface area contributed by atoms with Crippen molar-refractivity contribution in [3.63, 3.8) is 0 Å². The van der Waals surface area contributed by atoms with Gasteiger partial charge in [0.1, 0.15) is 6.07 Å². The van der Waals surface area contributed by atoms with Gasteiger partial charge in [-0.2, -0.15) is 28.8 Å². The van der Waals surface area contributed by atoms with Crippen LogP contribution in [0.4, 0.5) is 0 Å². The van der Waals surface area contributed by atoms with Gasteiger partial charge in [-0.05, 0) is 6.92 Å². The average molecular weight is 231 g/mol. The molecule has 14 heavy (non-hydrogen) atoms. The Morgan fingerprint density at radius 3 is 3.07 bits per heavy atom. The lowest BCUT2D eigenvalue weighted by molar-refractivity contribution is -0.145. The first-order valence-electron chi connectivity index (χ1n) is 4.51. The zero-order valence-electron chi connectivity index (χ0n) is 8.06. The van der Waals surface area contributed by atoms with Crippen LogP contribution in [0.15, 0.2) is 0 Å². The maximum atomic E-state index is 11.3. The van der Waals surface area contributed by atoms with E-state index in [-0.39, 0.29) is 5.97 Å². The number of carbonyl (C=O) groups excluding carboxylic acids is 1. The number of thioether (sulfide) groups is 2. The molecule has 3 nitrogen and oxygen atoms in total. The van der Waals surface area contributed by atoms with Gasteiger partial charge >= 0.3 is 5.97 Å². The molecule has 0 radical (unpaired) electrons. The van der Waals surface area contributed by atoms with Crippen molar-refractivity contribution in [2.24, 2.45) is 0 Å². The molecule has 5 heteroatoms. The number of carbonyl (C=O) groups is 1. The third-order valence-electron chi connectivity index (χ3n) is 1.77. The minimum absolute atomic E-state index is 0.251. The van der Waals surface area contributed by atoms with Crippen molar-refractivity contribution >= 4 is 29.5 Å². The molecule has 1 rings (SSSR count). The first-order chi connectivity index (χ1) is 6.72. The minimum atomic E-state index is -0.622. The Bertz CT molecular complexity index is 233. The highest BCUT2D eigenvalue weighted by Crippen LogP contribution is 2.26. The van der Waals surface area contributed by atoms with E-state index in [4.69, 9.17) is 10.00 Å². The minimum Gasteiger partial charge on any atom is -0.447 e. The highest BCUT2D eigenvalue weighted by molar-refractivity contribution is 8.06. The summed E-state index contributed by atoms with van der Waals surface area (Å²) in [6, 6.07) is 1.88. The van der Waals surface area contributed by atoms with Gasteiger partial charge in [0.05, 0.1) is 6.42 Å². The molecule has 0 aromatic heterocycles. The van der Waals surface area contributed by atoms with Crippen LogP contribution >= 0.6 is 23.5 Å². The lowest BCUT2D eigenvalue weighted by Crippen LogP contribution is -2.21. The molecular weight excluding hydrogens is 218 g/mol. The molecule has 0 saturated carbocycles. The van der Waals surface area contributed by atoms with Crippen LogP contribution in [0.25, 0.3) is 0 Å². The van der Waals surface area contributed by atoms with Crippen LogP contribution < -0.4 is 0 Å². The van der Waals surface area contributed by atoms with Gasteiger partial charge in [0.15, 0.2) is 6.10 Å². The average Bonchev–Trinajstić information content (AvgIpc) is 2.19. The number of nitriles is 1. The van der Waals surface area contributed by atoms with Crippen LogP contribution in [-0.4, -0.2) is 34.6 Å². The van der Waals surface area contributed by atoms with E-state index in [0.29, 0.717) is 11.7 Å². The molecule has 1 fully saturated rings. The second kappa shape index (κ2) is 6.20. The molecule has 0 aromatic carbocycles. The van der Waals surface area contributed by atoms with Crippen molar-refractivity contribution in [3.05, 3.63) is 0 Å². The molecule has 1 heterocycles. The highest BCUT2D eigenvalue weighted by atomic mass is 32.2. The molecule has 1 saturated heterocycles. The third kappa shape index (κ3) is 4.25. The van der Waals surface area contributed by atoms with E-state index in [2.05, 4.69) is 0 Å². The zero-order valence-corrected chi connectivity index (χ0v) is 9.70. The molecular formula is C9H13NO2S2. The van der Waals surface area contributed by atoms with Crippen molar-refractivity contribution in [1.82, 2.24) is 0 Å². The Morgan fingerprint density at radius 1 is 1.71 bits per heavy atom. The molecule has 1 aliphatic heterocycles. The van der Waals surface area contributed by atoms with E-state index in [1.165, 1.54) is 5.75 Å². The second-order valence-corrected chi connectivity index (χ2v) is 5.59. The number of ether oxygens (including phenoxy) is 1. The van der Waals surface area contributed by atoms with Gasteiger partial charge < -0.3 is 4.74 Å². The van der Waals surface area contributed by atoms with Crippen molar-refractivity contribution in [3.8, 4) is 6.07 Å². The van der Waals surface area contributed by atoms with Gasteiger partial charge in [-0.3, -0.25) is 4.79 Å². The van der Waals surface area contributed by atoms with Crippen LogP contribution in [-0.2, 0) is 9.53 Å². The summed E-state index contributed by atoms with van der Waals surface area (Å²) < 4.78 is 4.88. The lowest BCUT2D eigenvalue weighted by atomic mass is 10.3. The van der Waals surface area contributed by atoms with Crippen LogP contribution in [0.3, 0.4) is 0 Å². The van der Waals surface area contributed by atoms with Crippen LogP contribution in [0.2, 0.25) is 0 Å². The van der Waals surface area contributed by atoms with E-state index >= 15 is 0 Å². The fraction of sp³-hybridized carbons (Fsp3) is 0.778. The number of esters is 1. The summed E-state index contributed by atoms with van der Waals surface area (Å²) in [4.78, 5) is 11.3. The first kappa shape index (κ1) is 11.7. The zero-order chi connectivity index (χ0) is 10.4. The van der Waals surface area contributed by atoms with Crippen molar-refractivity contribution in [2.75, 3.05) is 17.3 Å². The molecule has 78 valence electrons. The molecule has 2 atom stereocenters. The molecule has 0 spiro atoms. The fourth-order valence-corrected chi connectivity index (χ4v) is 3.78. The summed E-state index contributed by atoms with van der Waals surface area (Å²) in [7, 11) is 0. The smallest absolute Gasteiger partial charge is 0.308 e. The van der Waals surface area contributed by atoms with Crippen molar-refractivity contribution in [2.45, 2.75) is 24.7 Å². The van der Waals surface area contributed by atoms with Crippen molar-refractivity contribution in [1.29, 1.82) is 5.26 Å². The largest absolute Gasteiger partial charge is 0.447 e. The second-order valence-electron chi connectivity index (χ2n) is 3.03. The van der Waals surface area contributed by atoms with E-state index in [0.717, 1.165) is 11.5 Å². The van der Waals surface area contributed by atoms with Gasteiger partial charge in [0, 0.05) is 22.5 Å². The molecule has 1 aliphatic rings. The summed E-state index contributed by atoms with van der Waals surface area (Å²) in [5.74, 6) is 3.04. The first-order valence-corrected chi connectivity index (χ1v) is 6.71. The third-order valence-corrected chi connectivity index (χ3v) is 4.61. The summed E-state index contributed by atoms with van der Waals surface area (Å²) in [6.07, 6.45) is -0.187. The Balaban J connectivity index is 2.22. The maximum absolute atomic E-state index is 11.3. The molecule has 0 unspecified atom stereocenters. The maximum Gasteiger partial charge on any atom is 0.308 e. The predicted molar refractivity (Wildman–Crippen MR) is 59.4 cm³/mol. The summed E-state index contributed by atoms with van der Waals surface area (Å²) in [5.41, 5.74) is 0. The SMILES string of the molecule is C[C@@H](C#N)OC(=O)C[C@H]1CSCCS1. The van der Waals surface area contributed by atoms with E-state index in [1.54, 1.807) is 6.92 Å². The fourth-order valence-electron chi connectivity index (χ4n) is 1.11. The Morgan fingerprint density at radius 2 is 2.50 bits per heavy atom. The number of rotatable bonds is 3. The quantitative estimate of drug-likeness (QED) is 0.692. The van der Waals surface area contributed by atoms with E-state index in [9.17, 15) is 4.79 Å². The lowest BCUT2D eigenvalue weighted by Gasteiger charge is -2.20. The van der Waals surface area contributed by atoms with Gasteiger partial charge in [-0.1, -0.05) is 0 Å². The molecule has 0 bridgehead atoms. The van der Waals surface area contributed by atoms with E-state index < -0.39 is 6.10 Å². The molecule has 0 N–H and O–H groups in total. The predicted octanol–water partition coefficient (Wildman–Crippen LogP) is 1.68. The van der Waals surface area contributed by atoms with Gasteiger partial charge in [0.25, 0.3) is 0 Å². The summed E-state index contributed by atoms with van der Waals surface area (Å²) >= 11 is 3.70. The molecule has 0 aliphatic carbocycles. The molecule has 0 amide bonds. The van der Waals surface area contributed by atoms with Crippen LogP contribution in [0.5, 0.6) is 0 Å². The van der Waals surface area contributed by atoms with Gasteiger partial charge in [-0.25, -0.2) is 0 Å². The monoisotopic (exact) mass is 231 g/mol. The standard InChI is InChI=1S/C9H13NO2S2/c1-7(5-10)12-9(11)4-8-6-13-2-3-14-8/h7-8H,2-4,6H2,1H3/t7-,8-/m0/s1. The Kier molecular flexibility index (Phi) is 5.20. The summed E-state index contributed by atoms with van der Waals surface area (Å²) in [5, 5.41) is 8.82. The van der Waals surface area contributed by atoms with Crippen molar-refractivity contribution < 1.29 is 9.53 Å². The summed E-state index contributed by atoms with van der Waals surface area (Å²) in [6.45, 7) is 1.58. The van der Waals surface area contributed by atoms with Gasteiger partial charge in [0.2, 0.25) is 0 Å². The van der Waals surface area contributed by atoms with Crippen LogP contribution in [0.1, 0.15) is 13.3 Å². The van der Waals surface area contributed by atoms with Crippen LogP contribution in [0, 0.1) is 11.3 Å². The Labute approximate surface area is 92.6 Å². The Hall–Kier alpha value is -0.340. The van der Waals surface area contributed by atoms with Gasteiger partial charge in [-0.15, -0.1) is 0 Å². The molecule has 0 aromatic rings. The van der Waals surface area contributed by atoms with E-state index in [1.807, 2.05) is 29.6 Å². The number of nitrogens with zero attached hydrogens (tertiary/aromatic N) is 1. The number of hydrogen-bond donors (Lipinski definition) is 0. The highest BCUT2D eigenvalue weighted by Gasteiger charge is 2.19. The normalized spacial score (nSPS) is 23.6.